The van der Waals surface area contributed by atoms with Gasteiger partial charge in [0.15, 0.2) is 0 Å². The van der Waals surface area contributed by atoms with Crippen LogP contribution in [0.5, 0.6) is 0 Å². The largest absolute Gasteiger partial charge is 0.316 e. The molecule has 1 fully saturated rings. The Morgan fingerprint density at radius 2 is 2.25 bits per heavy atom. The van der Waals surface area contributed by atoms with Crippen LogP contribution >= 0.6 is 15.9 Å². The molecule has 1 aromatic carbocycles. The first-order valence-electron chi connectivity index (χ1n) is 7.17. The normalized spacial score (nSPS) is 19.2. The molecule has 106 valence electrons. The SMILES string of the molecule is Cc1nn(C)c(C2CCCNC2)c1-c1cccc(Br)c1. The van der Waals surface area contributed by atoms with Crippen molar-refractivity contribution in [1.82, 2.24) is 15.1 Å². The maximum Gasteiger partial charge on any atom is 0.0675 e. The molecule has 0 bridgehead atoms. The van der Waals surface area contributed by atoms with Crippen LogP contribution < -0.4 is 5.32 Å². The molecule has 1 N–H and O–H groups in total. The molecule has 2 aromatic rings. The standard InChI is InChI=1S/C16H20BrN3/c1-11-15(12-5-3-7-14(17)9-12)16(20(2)19-11)13-6-4-8-18-10-13/h3,5,7,9,13,18H,4,6,8,10H2,1-2H3. The highest BCUT2D eigenvalue weighted by atomic mass is 79.9. The molecular formula is C16H20BrN3. The van der Waals surface area contributed by atoms with Crippen LogP contribution in [0.3, 0.4) is 0 Å². The van der Waals surface area contributed by atoms with Crippen LogP contribution in [0.1, 0.15) is 30.1 Å². The van der Waals surface area contributed by atoms with Gasteiger partial charge in [-0.2, -0.15) is 5.10 Å². The van der Waals surface area contributed by atoms with E-state index in [-0.39, 0.29) is 0 Å². The van der Waals surface area contributed by atoms with Gasteiger partial charge >= 0.3 is 0 Å². The van der Waals surface area contributed by atoms with Gasteiger partial charge in [0.1, 0.15) is 0 Å². The van der Waals surface area contributed by atoms with Crippen LogP contribution in [0, 0.1) is 6.92 Å². The number of rotatable bonds is 2. The summed E-state index contributed by atoms with van der Waals surface area (Å²) >= 11 is 3.57. The van der Waals surface area contributed by atoms with E-state index >= 15 is 0 Å². The number of nitrogens with one attached hydrogen (secondary N) is 1. The zero-order valence-corrected chi connectivity index (χ0v) is 13.6. The molecule has 1 saturated heterocycles. The summed E-state index contributed by atoms with van der Waals surface area (Å²) in [5.41, 5.74) is 5.05. The van der Waals surface area contributed by atoms with Crippen molar-refractivity contribution in [2.45, 2.75) is 25.7 Å². The highest BCUT2D eigenvalue weighted by Crippen LogP contribution is 2.35. The molecule has 0 aliphatic carbocycles. The Kier molecular flexibility index (Phi) is 3.94. The number of aromatic nitrogens is 2. The first kappa shape index (κ1) is 13.8. The van der Waals surface area contributed by atoms with Gasteiger partial charge in [-0.15, -0.1) is 0 Å². The molecule has 1 aliphatic heterocycles. The Labute approximate surface area is 128 Å². The summed E-state index contributed by atoms with van der Waals surface area (Å²) in [5.74, 6) is 0.559. The molecule has 1 aromatic heterocycles. The molecule has 0 spiro atoms. The van der Waals surface area contributed by atoms with Gasteiger partial charge < -0.3 is 5.32 Å². The van der Waals surface area contributed by atoms with Crippen molar-refractivity contribution in [1.29, 1.82) is 0 Å². The molecule has 0 radical (unpaired) electrons. The van der Waals surface area contributed by atoms with E-state index in [0.717, 1.165) is 23.3 Å². The summed E-state index contributed by atoms with van der Waals surface area (Å²) in [5, 5.41) is 8.18. The Morgan fingerprint density at radius 1 is 1.40 bits per heavy atom. The third-order valence-corrected chi connectivity index (χ3v) is 4.56. The lowest BCUT2D eigenvalue weighted by molar-refractivity contribution is 0.442. The molecule has 1 unspecified atom stereocenters. The van der Waals surface area contributed by atoms with Gasteiger partial charge in [-0.1, -0.05) is 28.1 Å². The number of piperidine rings is 1. The second-order valence-electron chi connectivity index (χ2n) is 5.52. The first-order valence-corrected chi connectivity index (χ1v) is 7.96. The minimum absolute atomic E-state index is 0.559. The Balaban J connectivity index is 2.10. The molecular weight excluding hydrogens is 314 g/mol. The summed E-state index contributed by atoms with van der Waals surface area (Å²) in [6.45, 7) is 4.30. The molecule has 0 amide bonds. The Bertz CT molecular complexity index is 612. The van der Waals surface area contributed by atoms with E-state index < -0.39 is 0 Å². The summed E-state index contributed by atoms with van der Waals surface area (Å²) < 4.78 is 3.19. The number of hydrogen-bond donors (Lipinski definition) is 1. The van der Waals surface area contributed by atoms with E-state index in [0.29, 0.717) is 5.92 Å². The van der Waals surface area contributed by atoms with Crippen LogP contribution in [0.15, 0.2) is 28.7 Å². The number of aryl methyl sites for hydroxylation is 2. The summed E-state index contributed by atoms with van der Waals surface area (Å²) in [6.07, 6.45) is 2.49. The maximum atomic E-state index is 4.67. The second kappa shape index (κ2) is 5.70. The van der Waals surface area contributed by atoms with Gasteiger partial charge in [-0.3, -0.25) is 4.68 Å². The van der Waals surface area contributed by atoms with E-state index in [1.54, 1.807) is 0 Å². The van der Waals surface area contributed by atoms with Crippen molar-refractivity contribution in [3.63, 3.8) is 0 Å². The van der Waals surface area contributed by atoms with Gasteiger partial charge in [0.25, 0.3) is 0 Å². The predicted molar refractivity (Wildman–Crippen MR) is 85.9 cm³/mol. The molecule has 1 atom stereocenters. The third kappa shape index (κ3) is 2.54. The van der Waals surface area contributed by atoms with E-state index in [9.17, 15) is 0 Å². The lowest BCUT2D eigenvalue weighted by Gasteiger charge is -2.24. The van der Waals surface area contributed by atoms with Crippen LogP contribution in [0.4, 0.5) is 0 Å². The zero-order chi connectivity index (χ0) is 14.1. The first-order chi connectivity index (χ1) is 9.66. The second-order valence-corrected chi connectivity index (χ2v) is 6.44. The highest BCUT2D eigenvalue weighted by molar-refractivity contribution is 9.10. The predicted octanol–water partition coefficient (Wildman–Crippen LogP) is 3.63. The van der Waals surface area contributed by atoms with Gasteiger partial charge in [0.2, 0.25) is 0 Å². The lowest BCUT2D eigenvalue weighted by Crippen LogP contribution is -2.29. The van der Waals surface area contributed by atoms with Crippen LogP contribution in [0.2, 0.25) is 0 Å². The number of halogens is 1. The molecule has 20 heavy (non-hydrogen) atoms. The monoisotopic (exact) mass is 333 g/mol. The smallest absolute Gasteiger partial charge is 0.0675 e. The summed E-state index contributed by atoms with van der Waals surface area (Å²) in [4.78, 5) is 0. The fourth-order valence-electron chi connectivity index (χ4n) is 3.23. The lowest BCUT2D eigenvalue weighted by atomic mass is 9.90. The van der Waals surface area contributed by atoms with Crippen molar-refractivity contribution in [3.8, 4) is 11.1 Å². The fourth-order valence-corrected chi connectivity index (χ4v) is 3.63. The zero-order valence-electron chi connectivity index (χ0n) is 12.0. The van der Waals surface area contributed by atoms with Crippen LogP contribution in [-0.4, -0.2) is 22.9 Å². The van der Waals surface area contributed by atoms with Gasteiger partial charge in [-0.25, -0.2) is 0 Å². The number of hydrogen-bond acceptors (Lipinski definition) is 2. The molecule has 4 heteroatoms. The number of nitrogens with zero attached hydrogens (tertiary/aromatic N) is 2. The Morgan fingerprint density at radius 3 is 2.95 bits per heavy atom. The van der Waals surface area contributed by atoms with Crippen LogP contribution in [0.25, 0.3) is 11.1 Å². The van der Waals surface area contributed by atoms with Crippen molar-refractivity contribution in [3.05, 3.63) is 40.1 Å². The summed E-state index contributed by atoms with van der Waals surface area (Å²) in [7, 11) is 2.07. The van der Waals surface area contributed by atoms with Crippen molar-refractivity contribution >= 4 is 15.9 Å². The molecule has 0 saturated carbocycles. The van der Waals surface area contributed by atoms with Crippen LogP contribution in [-0.2, 0) is 7.05 Å². The van der Waals surface area contributed by atoms with Crippen molar-refractivity contribution in [2.75, 3.05) is 13.1 Å². The van der Waals surface area contributed by atoms with E-state index in [2.05, 4.69) is 69.3 Å². The third-order valence-electron chi connectivity index (χ3n) is 4.06. The minimum atomic E-state index is 0.559. The minimum Gasteiger partial charge on any atom is -0.316 e. The molecule has 3 nitrogen and oxygen atoms in total. The molecule has 2 heterocycles. The van der Waals surface area contributed by atoms with Gasteiger partial charge in [0.05, 0.1) is 11.4 Å². The summed E-state index contributed by atoms with van der Waals surface area (Å²) in [6, 6.07) is 8.52. The van der Waals surface area contributed by atoms with E-state index in [1.165, 1.54) is 29.7 Å². The molecule has 3 rings (SSSR count). The van der Waals surface area contributed by atoms with Crippen molar-refractivity contribution < 1.29 is 0 Å². The van der Waals surface area contributed by atoms with Gasteiger partial charge in [-0.05, 0) is 44.0 Å². The highest BCUT2D eigenvalue weighted by Gasteiger charge is 2.24. The van der Waals surface area contributed by atoms with E-state index in [4.69, 9.17) is 0 Å². The van der Waals surface area contributed by atoms with Crippen molar-refractivity contribution in [2.24, 2.45) is 7.05 Å². The average molecular weight is 334 g/mol. The molecule has 1 aliphatic rings. The average Bonchev–Trinajstić information content (AvgIpc) is 2.74. The topological polar surface area (TPSA) is 29.9 Å². The maximum absolute atomic E-state index is 4.67. The quantitative estimate of drug-likeness (QED) is 0.909. The van der Waals surface area contributed by atoms with E-state index in [1.807, 2.05) is 0 Å². The van der Waals surface area contributed by atoms with Gasteiger partial charge in [0, 0.05) is 29.5 Å². The fraction of sp³-hybridized carbons (Fsp3) is 0.438. The number of benzene rings is 1. The Hall–Kier alpha value is -1.13.